The topological polar surface area (TPSA) is 30.5 Å². The molecule has 0 spiro atoms. The van der Waals surface area contributed by atoms with Gasteiger partial charge in [-0.3, -0.25) is 0 Å². The third-order valence-electron chi connectivity index (χ3n) is 1.98. The summed E-state index contributed by atoms with van der Waals surface area (Å²) >= 11 is 0. The summed E-state index contributed by atoms with van der Waals surface area (Å²) < 4.78 is 9.99. The highest BCUT2D eigenvalue weighted by molar-refractivity contribution is 4.63. The average Bonchev–Trinajstić information content (AvgIpc) is 2.11. The minimum Gasteiger partial charge on any atom is -0.385 e. The van der Waals surface area contributed by atoms with E-state index in [1.165, 1.54) is 0 Å². The van der Waals surface area contributed by atoms with Gasteiger partial charge < -0.3 is 14.8 Å². The standard InChI is InChI=1S/C9H21NO2/c1-10-9(6-8-12-3)5-4-7-11-2/h9-10H,4-8H2,1-3H3. The van der Waals surface area contributed by atoms with Crippen molar-refractivity contribution in [2.45, 2.75) is 25.3 Å². The molecule has 3 heteroatoms. The molecular weight excluding hydrogens is 154 g/mol. The summed E-state index contributed by atoms with van der Waals surface area (Å²) in [6.07, 6.45) is 3.36. The number of hydrogen-bond acceptors (Lipinski definition) is 3. The fraction of sp³-hybridized carbons (Fsp3) is 1.00. The average molecular weight is 175 g/mol. The van der Waals surface area contributed by atoms with Crippen LogP contribution in [-0.2, 0) is 9.47 Å². The van der Waals surface area contributed by atoms with Crippen LogP contribution in [0, 0.1) is 0 Å². The molecule has 1 N–H and O–H groups in total. The van der Waals surface area contributed by atoms with Gasteiger partial charge in [-0.05, 0) is 26.3 Å². The van der Waals surface area contributed by atoms with Gasteiger partial charge in [-0.2, -0.15) is 0 Å². The fourth-order valence-corrected chi connectivity index (χ4v) is 1.17. The number of ether oxygens (including phenoxy) is 2. The second-order valence-electron chi connectivity index (χ2n) is 2.90. The van der Waals surface area contributed by atoms with Gasteiger partial charge in [0.15, 0.2) is 0 Å². The van der Waals surface area contributed by atoms with Crippen LogP contribution in [0.5, 0.6) is 0 Å². The normalized spacial score (nSPS) is 13.2. The van der Waals surface area contributed by atoms with Crippen molar-refractivity contribution in [3.63, 3.8) is 0 Å². The van der Waals surface area contributed by atoms with Gasteiger partial charge in [0.05, 0.1) is 0 Å². The molecule has 0 aliphatic carbocycles. The summed E-state index contributed by atoms with van der Waals surface area (Å²) in [7, 11) is 5.47. The summed E-state index contributed by atoms with van der Waals surface area (Å²) in [5, 5.41) is 3.26. The summed E-state index contributed by atoms with van der Waals surface area (Å²) in [5.41, 5.74) is 0. The zero-order chi connectivity index (χ0) is 9.23. The van der Waals surface area contributed by atoms with E-state index >= 15 is 0 Å². The summed E-state index contributed by atoms with van der Waals surface area (Å²) in [6.45, 7) is 1.68. The summed E-state index contributed by atoms with van der Waals surface area (Å²) in [4.78, 5) is 0. The first-order valence-electron chi connectivity index (χ1n) is 4.50. The molecule has 0 rings (SSSR count). The number of nitrogens with one attached hydrogen (secondary N) is 1. The minimum absolute atomic E-state index is 0.570. The maximum absolute atomic E-state index is 5.01. The molecule has 0 aliphatic heterocycles. The molecule has 1 unspecified atom stereocenters. The first kappa shape index (κ1) is 11.9. The number of rotatable bonds is 8. The van der Waals surface area contributed by atoms with Crippen LogP contribution in [0.15, 0.2) is 0 Å². The van der Waals surface area contributed by atoms with Crippen molar-refractivity contribution in [1.29, 1.82) is 0 Å². The second-order valence-corrected chi connectivity index (χ2v) is 2.90. The van der Waals surface area contributed by atoms with E-state index in [1.807, 2.05) is 7.05 Å². The molecule has 0 bridgehead atoms. The Morgan fingerprint density at radius 3 is 2.25 bits per heavy atom. The van der Waals surface area contributed by atoms with E-state index in [9.17, 15) is 0 Å². The lowest BCUT2D eigenvalue weighted by molar-refractivity contribution is 0.170. The summed E-state index contributed by atoms with van der Waals surface area (Å²) in [6, 6.07) is 0.570. The third kappa shape index (κ3) is 6.58. The lowest BCUT2D eigenvalue weighted by atomic mass is 10.1. The Morgan fingerprint density at radius 1 is 1.08 bits per heavy atom. The van der Waals surface area contributed by atoms with Crippen LogP contribution in [0.3, 0.4) is 0 Å². The Bertz CT molecular complexity index is 88.6. The fourth-order valence-electron chi connectivity index (χ4n) is 1.17. The van der Waals surface area contributed by atoms with Crippen molar-refractivity contribution in [3.05, 3.63) is 0 Å². The van der Waals surface area contributed by atoms with Gasteiger partial charge in [-0.1, -0.05) is 0 Å². The zero-order valence-electron chi connectivity index (χ0n) is 8.43. The maximum atomic E-state index is 5.01. The Balaban J connectivity index is 3.26. The van der Waals surface area contributed by atoms with E-state index in [-0.39, 0.29) is 0 Å². The predicted molar refractivity (Wildman–Crippen MR) is 50.5 cm³/mol. The number of methoxy groups -OCH3 is 2. The highest BCUT2D eigenvalue weighted by atomic mass is 16.5. The van der Waals surface area contributed by atoms with Gasteiger partial charge >= 0.3 is 0 Å². The second kappa shape index (κ2) is 8.97. The molecule has 0 amide bonds. The highest BCUT2D eigenvalue weighted by Crippen LogP contribution is 2.01. The minimum atomic E-state index is 0.570. The Kier molecular flexibility index (Phi) is 8.88. The van der Waals surface area contributed by atoms with E-state index in [0.29, 0.717) is 6.04 Å². The van der Waals surface area contributed by atoms with Gasteiger partial charge in [0.1, 0.15) is 0 Å². The molecule has 0 aromatic rings. The molecule has 0 radical (unpaired) electrons. The van der Waals surface area contributed by atoms with Gasteiger partial charge in [0.2, 0.25) is 0 Å². The van der Waals surface area contributed by atoms with Crippen LogP contribution >= 0.6 is 0 Å². The third-order valence-corrected chi connectivity index (χ3v) is 1.98. The van der Waals surface area contributed by atoms with E-state index in [2.05, 4.69) is 5.32 Å². The molecular formula is C9H21NO2. The Morgan fingerprint density at radius 2 is 1.75 bits per heavy atom. The monoisotopic (exact) mass is 175 g/mol. The van der Waals surface area contributed by atoms with Gasteiger partial charge in [0.25, 0.3) is 0 Å². The lowest BCUT2D eigenvalue weighted by Gasteiger charge is -2.14. The highest BCUT2D eigenvalue weighted by Gasteiger charge is 2.04. The molecule has 3 nitrogen and oxygen atoms in total. The van der Waals surface area contributed by atoms with Gasteiger partial charge in [-0.15, -0.1) is 0 Å². The van der Waals surface area contributed by atoms with Crippen molar-refractivity contribution in [2.75, 3.05) is 34.5 Å². The molecule has 1 atom stereocenters. The zero-order valence-corrected chi connectivity index (χ0v) is 8.43. The van der Waals surface area contributed by atoms with Crippen LogP contribution in [-0.4, -0.2) is 40.5 Å². The molecule has 0 saturated carbocycles. The first-order valence-corrected chi connectivity index (χ1v) is 4.50. The van der Waals surface area contributed by atoms with E-state index in [1.54, 1.807) is 14.2 Å². The van der Waals surface area contributed by atoms with E-state index in [0.717, 1.165) is 32.5 Å². The van der Waals surface area contributed by atoms with E-state index < -0.39 is 0 Å². The van der Waals surface area contributed by atoms with Crippen molar-refractivity contribution < 1.29 is 9.47 Å². The van der Waals surface area contributed by atoms with Crippen LogP contribution in [0.2, 0.25) is 0 Å². The first-order chi connectivity index (χ1) is 5.85. The van der Waals surface area contributed by atoms with Crippen LogP contribution in [0.4, 0.5) is 0 Å². The largest absolute Gasteiger partial charge is 0.385 e. The molecule has 0 saturated heterocycles. The maximum Gasteiger partial charge on any atom is 0.0477 e. The predicted octanol–water partition coefficient (Wildman–Crippen LogP) is 1.04. The van der Waals surface area contributed by atoms with Gasteiger partial charge in [0, 0.05) is 33.5 Å². The van der Waals surface area contributed by atoms with Gasteiger partial charge in [-0.25, -0.2) is 0 Å². The lowest BCUT2D eigenvalue weighted by Crippen LogP contribution is -2.26. The van der Waals surface area contributed by atoms with Crippen LogP contribution < -0.4 is 5.32 Å². The molecule has 0 fully saturated rings. The molecule has 74 valence electrons. The summed E-state index contributed by atoms with van der Waals surface area (Å²) in [5.74, 6) is 0. The van der Waals surface area contributed by atoms with E-state index in [4.69, 9.17) is 9.47 Å². The Hall–Kier alpha value is -0.120. The molecule has 0 aromatic carbocycles. The van der Waals surface area contributed by atoms with Crippen molar-refractivity contribution in [1.82, 2.24) is 5.32 Å². The molecule has 0 aromatic heterocycles. The molecule has 12 heavy (non-hydrogen) atoms. The van der Waals surface area contributed by atoms with Crippen molar-refractivity contribution in [3.8, 4) is 0 Å². The van der Waals surface area contributed by atoms with Crippen LogP contribution in [0.25, 0.3) is 0 Å². The quantitative estimate of drug-likeness (QED) is 0.559. The SMILES string of the molecule is CNC(CCCOC)CCOC. The Labute approximate surface area is 75.4 Å². The smallest absolute Gasteiger partial charge is 0.0477 e. The van der Waals surface area contributed by atoms with Crippen molar-refractivity contribution >= 4 is 0 Å². The number of hydrogen-bond donors (Lipinski definition) is 1. The molecule has 0 heterocycles. The van der Waals surface area contributed by atoms with Crippen LogP contribution in [0.1, 0.15) is 19.3 Å². The van der Waals surface area contributed by atoms with Crippen molar-refractivity contribution in [2.24, 2.45) is 0 Å². The molecule has 0 aliphatic rings.